The van der Waals surface area contributed by atoms with Crippen molar-refractivity contribution in [3.05, 3.63) is 23.8 Å². The fourth-order valence-corrected chi connectivity index (χ4v) is 2.04. The molecule has 0 bridgehead atoms. The Kier molecular flexibility index (Phi) is 3.22. The minimum Gasteiger partial charge on any atom is -0.495 e. The zero-order valence-electron chi connectivity index (χ0n) is 10.2. The minimum atomic E-state index is -0.109. The molecule has 2 rings (SSSR count). The van der Waals surface area contributed by atoms with Crippen molar-refractivity contribution in [1.82, 2.24) is 5.32 Å². The average molecular weight is 234 g/mol. The molecule has 0 aliphatic heterocycles. The minimum absolute atomic E-state index is 0.109. The number of carbonyl (C=O) groups is 1. The summed E-state index contributed by atoms with van der Waals surface area (Å²) < 4.78 is 5.09. The van der Waals surface area contributed by atoms with Crippen LogP contribution in [0.25, 0.3) is 0 Å². The van der Waals surface area contributed by atoms with E-state index in [1.807, 2.05) is 0 Å². The molecule has 2 atom stereocenters. The fourth-order valence-electron chi connectivity index (χ4n) is 2.04. The van der Waals surface area contributed by atoms with Gasteiger partial charge in [-0.3, -0.25) is 4.79 Å². The average Bonchev–Trinajstić information content (AvgIpc) is 3.07. The molecule has 92 valence electrons. The van der Waals surface area contributed by atoms with E-state index in [9.17, 15) is 4.79 Å². The summed E-state index contributed by atoms with van der Waals surface area (Å²) in [5.41, 5.74) is 6.77. The van der Waals surface area contributed by atoms with Gasteiger partial charge in [-0.25, -0.2) is 0 Å². The van der Waals surface area contributed by atoms with Gasteiger partial charge in [0.2, 0.25) is 0 Å². The smallest absolute Gasteiger partial charge is 0.253 e. The number of carbonyl (C=O) groups excluding carboxylic acids is 1. The first-order chi connectivity index (χ1) is 8.17. The van der Waals surface area contributed by atoms with Gasteiger partial charge < -0.3 is 15.8 Å². The van der Waals surface area contributed by atoms with Gasteiger partial charge >= 0.3 is 0 Å². The van der Waals surface area contributed by atoms with Gasteiger partial charge in [0.25, 0.3) is 5.91 Å². The van der Waals surface area contributed by atoms with Gasteiger partial charge in [0.15, 0.2) is 0 Å². The number of para-hydroxylation sites is 1. The van der Waals surface area contributed by atoms with Crippen molar-refractivity contribution in [2.45, 2.75) is 25.8 Å². The molecule has 4 heteroatoms. The van der Waals surface area contributed by atoms with Gasteiger partial charge in [-0.2, -0.15) is 0 Å². The predicted molar refractivity (Wildman–Crippen MR) is 67.1 cm³/mol. The summed E-state index contributed by atoms with van der Waals surface area (Å²) >= 11 is 0. The van der Waals surface area contributed by atoms with Crippen molar-refractivity contribution < 1.29 is 9.53 Å². The van der Waals surface area contributed by atoms with Gasteiger partial charge in [-0.15, -0.1) is 0 Å². The standard InChI is InChI=1S/C13H18N2O2/c1-3-8-7-10(8)15-13(16)9-5-4-6-11(17-2)12(9)14/h4-6,8,10H,3,7,14H2,1-2H3,(H,15,16). The molecule has 0 radical (unpaired) electrons. The van der Waals surface area contributed by atoms with Gasteiger partial charge in [0.1, 0.15) is 5.75 Å². The highest BCUT2D eigenvalue weighted by Crippen LogP contribution is 2.34. The molecular formula is C13H18N2O2. The predicted octanol–water partition coefficient (Wildman–Crippen LogP) is 1.81. The summed E-state index contributed by atoms with van der Waals surface area (Å²) in [5, 5.41) is 2.99. The van der Waals surface area contributed by atoms with E-state index in [2.05, 4.69) is 12.2 Å². The summed E-state index contributed by atoms with van der Waals surface area (Å²) in [6.45, 7) is 2.14. The second-order valence-electron chi connectivity index (χ2n) is 4.41. The summed E-state index contributed by atoms with van der Waals surface area (Å²) in [6.07, 6.45) is 2.19. The molecule has 1 aliphatic rings. The monoisotopic (exact) mass is 234 g/mol. The van der Waals surface area contributed by atoms with E-state index in [-0.39, 0.29) is 5.91 Å². The molecule has 2 unspecified atom stereocenters. The number of benzene rings is 1. The number of anilines is 1. The van der Waals surface area contributed by atoms with Crippen LogP contribution < -0.4 is 15.8 Å². The third kappa shape index (κ3) is 2.35. The second-order valence-corrected chi connectivity index (χ2v) is 4.41. The van der Waals surface area contributed by atoms with E-state index in [0.717, 1.165) is 12.8 Å². The Morgan fingerprint density at radius 3 is 2.94 bits per heavy atom. The lowest BCUT2D eigenvalue weighted by molar-refractivity contribution is 0.0949. The first-order valence-corrected chi connectivity index (χ1v) is 5.90. The molecule has 17 heavy (non-hydrogen) atoms. The van der Waals surface area contributed by atoms with Gasteiger partial charge in [-0.1, -0.05) is 19.4 Å². The lowest BCUT2D eigenvalue weighted by Crippen LogP contribution is -2.27. The van der Waals surface area contributed by atoms with Crippen LogP contribution in [-0.2, 0) is 0 Å². The third-order valence-corrected chi connectivity index (χ3v) is 3.29. The van der Waals surface area contributed by atoms with E-state index in [1.54, 1.807) is 25.3 Å². The zero-order valence-corrected chi connectivity index (χ0v) is 10.2. The largest absolute Gasteiger partial charge is 0.495 e. The number of hydrogen-bond donors (Lipinski definition) is 2. The molecule has 1 aromatic carbocycles. The first-order valence-electron chi connectivity index (χ1n) is 5.90. The number of amides is 1. The van der Waals surface area contributed by atoms with Crippen LogP contribution >= 0.6 is 0 Å². The van der Waals surface area contributed by atoms with Crippen LogP contribution in [0.4, 0.5) is 5.69 Å². The highest BCUT2D eigenvalue weighted by molar-refractivity contribution is 6.00. The molecule has 0 aromatic heterocycles. The number of ether oxygens (including phenoxy) is 1. The molecule has 0 spiro atoms. The van der Waals surface area contributed by atoms with Gasteiger partial charge in [0.05, 0.1) is 18.4 Å². The highest BCUT2D eigenvalue weighted by atomic mass is 16.5. The van der Waals surface area contributed by atoms with Crippen LogP contribution in [0.3, 0.4) is 0 Å². The van der Waals surface area contributed by atoms with E-state index in [4.69, 9.17) is 10.5 Å². The van der Waals surface area contributed by atoms with Crippen molar-refractivity contribution in [2.75, 3.05) is 12.8 Å². The number of hydrogen-bond acceptors (Lipinski definition) is 3. The number of nitrogens with one attached hydrogen (secondary N) is 1. The zero-order chi connectivity index (χ0) is 12.4. The van der Waals surface area contributed by atoms with Crippen LogP contribution in [0.1, 0.15) is 30.1 Å². The fraction of sp³-hybridized carbons (Fsp3) is 0.462. The summed E-state index contributed by atoms with van der Waals surface area (Å²) in [6, 6.07) is 5.56. The maximum absolute atomic E-state index is 12.0. The molecule has 3 N–H and O–H groups in total. The number of nitrogen functional groups attached to an aromatic ring is 1. The van der Waals surface area contributed by atoms with E-state index >= 15 is 0 Å². The molecule has 0 heterocycles. The van der Waals surface area contributed by atoms with Crippen molar-refractivity contribution in [2.24, 2.45) is 5.92 Å². The molecule has 1 saturated carbocycles. The van der Waals surface area contributed by atoms with E-state index in [1.165, 1.54) is 0 Å². The molecular weight excluding hydrogens is 216 g/mol. The van der Waals surface area contributed by atoms with Crippen LogP contribution in [0.5, 0.6) is 5.75 Å². The first kappa shape index (κ1) is 11.8. The Morgan fingerprint density at radius 1 is 1.59 bits per heavy atom. The maximum Gasteiger partial charge on any atom is 0.253 e. The maximum atomic E-state index is 12.0. The van der Waals surface area contributed by atoms with Crippen LogP contribution in [0, 0.1) is 5.92 Å². The van der Waals surface area contributed by atoms with E-state index in [0.29, 0.717) is 29.0 Å². The normalized spacial score (nSPS) is 22.0. The Labute approximate surface area is 101 Å². The Hall–Kier alpha value is -1.71. The van der Waals surface area contributed by atoms with Crippen LogP contribution in [-0.4, -0.2) is 19.1 Å². The quantitative estimate of drug-likeness (QED) is 0.781. The molecule has 1 aromatic rings. The molecule has 0 saturated heterocycles. The second kappa shape index (κ2) is 4.65. The molecule has 1 fully saturated rings. The summed E-state index contributed by atoms with van der Waals surface area (Å²) in [4.78, 5) is 12.0. The Bertz CT molecular complexity index is 431. The number of nitrogens with two attached hydrogens (primary N) is 1. The lowest BCUT2D eigenvalue weighted by Gasteiger charge is -2.10. The van der Waals surface area contributed by atoms with Gasteiger partial charge in [0, 0.05) is 6.04 Å². The third-order valence-electron chi connectivity index (χ3n) is 3.29. The SMILES string of the molecule is CCC1CC1NC(=O)c1cccc(OC)c1N. The number of rotatable bonds is 4. The summed E-state index contributed by atoms with van der Waals surface area (Å²) in [5.74, 6) is 1.06. The molecule has 1 aliphatic carbocycles. The van der Waals surface area contributed by atoms with Crippen LogP contribution in [0.15, 0.2) is 18.2 Å². The topological polar surface area (TPSA) is 64.3 Å². The molecule has 1 amide bonds. The van der Waals surface area contributed by atoms with Crippen molar-refractivity contribution >= 4 is 11.6 Å². The number of methoxy groups -OCH3 is 1. The molecule has 4 nitrogen and oxygen atoms in total. The summed E-state index contributed by atoms with van der Waals surface area (Å²) in [7, 11) is 1.54. The Morgan fingerprint density at radius 2 is 2.35 bits per heavy atom. The van der Waals surface area contributed by atoms with Gasteiger partial charge in [-0.05, 0) is 24.5 Å². The van der Waals surface area contributed by atoms with E-state index < -0.39 is 0 Å². The van der Waals surface area contributed by atoms with Crippen LogP contribution in [0.2, 0.25) is 0 Å². The van der Waals surface area contributed by atoms with Crippen molar-refractivity contribution in [3.8, 4) is 5.75 Å². The van der Waals surface area contributed by atoms with Crippen molar-refractivity contribution in [1.29, 1.82) is 0 Å². The highest BCUT2D eigenvalue weighted by Gasteiger charge is 2.36. The Balaban J connectivity index is 2.09. The van der Waals surface area contributed by atoms with Crippen molar-refractivity contribution in [3.63, 3.8) is 0 Å². The lowest BCUT2D eigenvalue weighted by atomic mass is 10.1.